The molecule has 3 nitrogen and oxygen atoms in total. The van der Waals surface area contributed by atoms with Crippen molar-refractivity contribution >= 4 is 24.8 Å². The first-order chi connectivity index (χ1) is 12.1. The largest absolute Gasteiger partial charge is 0.390 e. The van der Waals surface area contributed by atoms with Crippen molar-refractivity contribution in [3.8, 4) is 11.8 Å². The minimum atomic E-state index is -0.501. The van der Waals surface area contributed by atoms with Crippen LogP contribution in [-0.4, -0.2) is 53.7 Å². The van der Waals surface area contributed by atoms with Crippen LogP contribution in [0.3, 0.4) is 0 Å². The number of nitrogens with zero attached hydrogens (tertiary/aromatic N) is 2. The van der Waals surface area contributed by atoms with Crippen LogP contribution in [0, 0.1) is 11.8 Å². The van der Waals surface area contributed by atoms with Crippen molar-refractivity contribution in [3.63, 3.8) is 0 Å². The number of hydrogen-bond donors (Lipinski definition) is 1. The lowest BCUT2D eigenvalue weighted by Crippen LogP contribution is -2.48. The molecule has 2 fully saturated rings. The summed E-state index contributed by atoms with van der Waals surface area (Å²) in [4.78, 5) is 4.97. The molecule has 0 bridgehead atoms. The molecule has 1 aromatic rings. The molecule has 1 aromatic carbocycles. The third-order valence-electron chi connectivity index (χ3n) is 5.88. The molecule has 1 atom stereocenters. The molecule has 1 aliphatic heterocycles. The number of aliphatic hydroxyl groups is 1. The van der Waals surface area contributed by atoms with Gasteiger partial charge in [-0.2, -0.15) is 0 Å². The van der Waals surface area contributed by atoms with Crippen molar-refractivity contribution in [1.82, 2.24) is 9.80 Å². The molecule has 2 aliphatic rings. The number of halogens is 2. The normalized spacial score (nSPS) is 21.1. The predicted molar refractivity (Wildman–Crippen MR) is 118 cm³/mol. The molecule has 0 amide bonds. The smallest absolute Gasteiger partial charge is 0.0666 e. The summed E-state index contributed by atoms with van der Waals surface area (Å²) < 4.78 is 0. The Bertz CT molecular complexity index is 627. The lowest BCUT2D eigenvalue weighted by molar-refractivity contribution is -0.0332. The van der Waals surface area contributed by atoms with E-state index < -0.39 is 5.60 Å². The Labute approximate surface area is 177 Å². The van der Waals surface area contributed by atoms with Gasteiger partial charge in [-0.3, -0.25) is 4.90 Å². The van der Waals surface area contributed by atoms with Gasteiger partial charge in [0.05, 0.1) is 5.60 Å². The van der Waals surface area contributed by atoms with Gasteiger partial charge in [-0.25, -0.2) is 0 Å². The van der Waals surface area contributed by atoms with Gasteiger partial charge in [0, 0.05) is 37.8 Å². The van der Waals surface area contributed by atoms with Gasteiger partial charge in [0.2, 0.25) is 0 Å². The van der Waals surface area contributed by atoms with Gasteiger partial charge < -0.3 is 10.0 Å². The molecule has 27 heavy (non-hydrogen) atoms. The second kappa shape index (κ2) is 11.3. The van der Waals surface area contributed by atoms with Crippen molar-refractivity contribution < 1.29 is 5.11 Å². The Kier molecular flexibility index (Phi) is 10.2. The fraction of sp³-hybridized carbons (Fsp3) is 0.636. The molecule has 152 valence electrons. The van der Waals surface area contributed by atoms with E-state index in [-0.39, 0.29) is 30.9 Å². The highest BCUT2D eigenvalue weighted by molar-refractivity contribution is 5.85. The average molecular weight is 413 g/mol. The SMILES string of the molecule is CC#Cc1cccc(C(CC2(O)CCCCC2)N2CCN(C)CC2)c1.Cl.Cl. The third kappa shape index (κ3) is 6.66. The monoisotopic (exact) mass is 412 g/mol. The summed E-state index contributed by atoms with van der Waals surface area (Å²) in [5, 5.41) is 11.2. The van der Waals surface area contributed by atoms with Gasteiger partial charge in [-0.15, -0.1) is 30.7 Å². The Morgan fingerprint density at radius 3 is 2.37 bits per heavy atom. The molecule has 1 saturated heterocycles. The number of rotatable bonds is 4. The lowest BCUT2D eigenvalue weighted by atomic mass is 9.78. The molecule has 1 unspecified atom stereocenters. The molecule has 5 heteroatoms. The highest BCUT2D eigenvalue weighted by atomic mass is 35.5. The first-order valence-electron chi connectivity index (χ1n) is 9.77. The van der Waals surface area contributed by atoms with Crippen molar-refractivity contribution in [2.75, 3.05) is 33.2 Å². The number of benzene rings is 1. The zero-order chi connectivity index (χ0) is 17.7. The van der Waals surface area contributed by atoms with Crippen LogP contribution in [0.25, 0.3) is 0 Å². The minimum absolute atomic E-state index is 0. The van der Waals surface area contributed by atoms with E-state index in [0.717, 1.165) is 63.8 Å². The molecule has 0 spiro atoms. The van der Waals surface area contributed by atoms with Crippen LogP contribution in [0.2, 0.25) is 0 Å². The molecule has 1 N–H and O–H groups in total. The van der Waals surface area contributed by atoms with E-state index in [2.05, 4.69) is 53.0 Å². The summed E-state index contributed by atoms with van der Waals surface area (Å²) in [5.41, 5.74) is 1.89. The van der Waals surface area contributed by atoms with Crippen LogP contribution in [0.5, 0.6) is 0 Å². The molecule has 1 aliphatic carbocycles. The Morgan fingerprint density at radius 2 is 1.74 bits per heavy atom. The molecule has 0 aromatic heterocycles. The Balaban J connectivity index is 0.00000182. The summed E-state index contributed by atoms with van der Waals surface area (Å²) in [7, 11) is 2.19. The van der Waals surface area contributed by atoms with Crippen LogP contribution in [0.15, 0.2) is 24.3 Å². The van der Waals surface area contributed by atoms with E-state index >= 15 is 0 Å². The Hall–Kier alpha value is -0.760. The predicted octanol–water partition coefficient (Wildman–Crippen LogP) is 4.28. The van der Waals surface area contributed by atoms with Crippen LogP contribution < -0.4 is 0 Å². The second-order valence-electron chi connectivity index (χ2n) is 7.84. The van der Waals surface area contributed by atoms with E-state index in [1.807, 2.05) is 6.92 Å². The zero-order valence-corrected chi connectivity index (χ0v) is 18.2. The van der Waals surface area contributed by atoms with Crippen molar-refractivity contribution in [3.05, 3.63) is 35.4 Å². The van der Waals surface area contributed by atoms with Gasteiger partial charge >= 0.3 is 0 Å². The van der Waals surface area contributed by atoms with E-state index in [9.17, 15) is 5.11 Å². The van der Waals surface area contributed by atoms with E-state index in [4.69, 9.17) is 0 Å². The van der Waals surface area contributed by atoms with Gasteiger partial charge in [-0.1, -0.05) is 37.3 Å². The van der Waals surface area contributed by atoms with Crippen LogP contribution in [0.1, 0.15) is 62.6 Å². The fourth-order valence-corrected chi connectivity index (χ4v) is 4.33. The van der Waals surface area contributed by atoms with Crippen molar-refractivity contribution in [2.24, 2.45) is 0 Å². The van der Waals surface area contributed by atoms with E-state index in [1.165, 1.54) is 12.0 Å². The standard InChI is InChI=1S/C22H32N2O.2ClH/c1-3-8-19-9-7-10-20(17-19)21(24-15-13-23(2)14-16-24)18-22(25)11-5-4-6-12-22;;/h7,9-10,17,21,25H,4-6,11-16,18H2,1-2H3;2*1H. The summed E-state index contributed by atoms with van der Waals surface area (Å²) in [6.45, 7) is 6.23. The molecular weight excluding hydrogens is 379 g/mol. The summed E-state index contributed by atoms with van der Waals surface area (Å²) in [6.07, 6.45) is 6.33. The van der Waals surface area contributed by atoms with Crippen LogP contribution in [-0.2, 0) is 0 Å². The fourth-order valence-electron chi connectivity index (χ4n) is 4.33. The van der Waals surface area contributed by atoms with Gasteiger partial charge in [0.15, 0.2) is 0 Å². The maximum atomic E-state index is 11.2. The molecule has 3 rings (SSSR count). The third-order valence-corrected chi connectivity index (χ3v) is 5.88. The summed E-state index contributed by atoms with van der Waals surface area (Å²) in [5.74, 6) is 6.19. The van der Waals surface area contributed by atoms with E-state index in [1.54, 1.807) is 0 Å². The molecule has 0 radical (unpaired) electrons. The van der Waals surface area contributed by atoms with Gasteiger partial charge in [0.1, 0.15) is 0 Å². The van der Waals surface area contributed by atoms with Gasteiger partial charge in [-0.05, 0) is 50.9 Å². The van der Waals surface area contributed by atoms with Crippen LogP contribution >= 0.6 is 24.8 Å². The summed E-state index contributed by atoms with van der Waals surface area (Å²) in [6, 6.07) is 8.93. The number of piperazine rings is 1. The second-order valence-corrected chi connectivity index (χ2v) is 7.84. The van der Waals surface area contributed by atoms with Crippen LogP contribution in [0.4, 0.5) is 0 Å². The van der Waals surface area contributed by atoms with E-state index in [0.29, 0.717) is 0 Å². The maximum absolute atomic E-state index is 11.2. The highest BCUT2D eigenvalue weighted by Crippen LogP contribution is 2.38. The molecular formula is C22H34Cl2N2O. The zero-order valence-electron chi connectivity index (χ0n) is 16.6. The first-order valence-corrected chi connectivity index (χ1v) is 9.77. The Morgan fingerprint density at radius 1 is 1.07 bits per heavy atom. The topological polar surface area (TPSA) is 26.7 Å². The van der Waals surface area contributed by atoms with Crippen molar-refractivity contribution in [2.45, 2.75) is 57.1 Å². The van der Waals surface area contributed by atoms with Gasteiger partial charge in [0.25, 0.3) is 0 Å². The summed E-state index contributed by atoms with van der Waals surface area (Å²) >= 11 is 0. The average Bonchev–Trinajstić information content (AvgIpc) is 2.62. The quantitative estimate of drug-likeness (QED) is 0.747. The highest BCUT2D eigenvalue weighted by Gasteiger charge is 2.35. The number of likely N-dealkylation sites (N-methyl/N-ethyl adjacent to an activating group) is 1. The minimum Gasteiger partial charge on any atom is -0.390 e. The lowest BCUT2D eigenvalue weighted by Gasteiger charge is -2.43. The first kappa shape index (κ1) is 24.3. The molecule has 1 heterocycles. The number of hydrogen-bond acceptors (Lipinski definition) is 3. The maximum Gasteiger partial charge on any atom is 0.0666 e. The van der Waals surface area contributed by atoms with Crippen molar-refractivity contribution in [1.29, 1.82) is 0 Å². The molecule has 1 saturated carbocycles.